The van der Waals surface area contributed by atoms with E-state index in [9.17, 15) is 0 Å². The van der Waals surface area contributed by atoms with E-state index in [2.05, 4.69) is 51.5 Å². The van der Waals surface area contributed by atoms with E-state index in [0.717, 1.165) is 45.0 Å². The minimum atomic E-state index is 0.295. The van der Waals surface area contributed by atoms with Crippen molar-refractivity contribution in [3.63, 3.8) is 0 Å². The van der Waals surface area contributed by atoms with Crippen LogP contribution in [0.2, 0.25) is 0 Å². The third kappa shape index (κ3) is 3.91. The van der Waals surface area contributed by atoms with Gasteiger partial charge >= 0.3 is 0 Å². The fourth-order valence-corrected chi connectivity index (χ4v) is 2.68. The first kappa shape index (κ1) is 15.1. The van der Waals surface area contributed by atoms with Crippen LogP contribution in [0.5, 0.6) is 0 Å². The molecule has 1 saturated heterocycles. The maximum absolute atomic E-state index is 5.79. The van der Waals surface area contributed by atoms with Gasteiger partial charge in [0.2, 0.25) is 0 Å². The molecule has 0 radical (unpaired) electrons. The van der Waals surface area contributed by atoms with Crippen molar-refractivity contribution in [1.82, 2.24) is 25.0 Å². The zero-order valence-electron chi connectivity index (χ0n) is 13.0. The van der Waals surface area contributed by atoms with Gasteiger partial charge in [-0.1, -0.05) is 19.1 Å². The molecule has 0 spiro atoms. The molecule has 6 nitrogen and oxygen atoms in total. The second-order valence-corrected chi connectivity index (χ2v) is 5.52. The van der Waals surface area contributed by atoms with Crippen LogP contribution in [0, 0.1) is 0 Å². The molecular weight excluding hydrogens is 278 g/mol. The molecule has 0 amide bonds. The van der Waals surface area contributed by atoms with Crippen LogP contribution in [0.25, 0.3) is 5.69 Å². The van der Waals surface area contributed by atoms with E-state index in [1.165, 1.54) is 5.56 Å². The number of nitrogens with zero attached hydrogens (tertiary/aromatic N) is 4. The summed E-state index contributed by atoms with van der Waals surface area (Å²) in [5.41, 5.74) is 2.28. The summed E-state index contributed by atoms with van der Waals surface area (Å²) in [4.78, 5) is 6.39. The monoisotopic (exact) mass is 301 g/mol. The Morgan fingerprint density at radius 1 is 1.32 bits per heavy atom. The standard InChI is InChI=1S/C16H23N5O/c1-2-20-7-8-22-16(11-20)10-17-9-14-3-5-15(6-4-14)21-13-18-12-19-21/h3-6,12-13,16-17H,2,7-11H2,1H3. The normalized spacial score (nSPS) is 19.4. The Balaban J connectivity index is 1.45. The number of nitrogens with one attached hydrogen (secondary N) is 1. The summed E-state index contributed by atoms with van der Waals surface area (Å²) in [6.45, 7) is 7.96. The number of morpholine rings is 1. The topological polar surface area (TPSA) is 55.2 Å². The van der Waals surface area contributed by atoms with Crippen LogP contribution < -0.4 is 5.32 Å². The van der Waals surface area contributed by atoms with Crippen molar-refractivity contribution < 1.29 is 4.74 Å². The smallest absolute Gasteiger partial charge is 0.138 e. The van der Waals surface area contributed by atoms with Crippen LogP contribution >= 0.6 is 0 Å². The molecule has 3 rings (SSSR count). The fourth-order valence-electron chi connectivity index (χ4n) is 2.68. The van der Waals surface area contributed by atoms with E-state index < -0.39 is 0 Å². The quantitative estimate of drug-likeness (QED) is 0.865. The van der Waals surface area contributed by atoms with Crippen molar-refractivity contribution >= 4 is 0 Å². The molecule has 1 fully saturated rings. The maximum atomic E-state index is 5.79. The van der Waals surface area contributed by atoms with Gasteiger partial charge in [-0.05, 0) is 24.2 Å². The number of benzene rings is 1. The Morgan fingerprint density at radius 2 is 2.18 bits per heavy atom. The number of rotatable bonds is 6. The molecule has 1 aliphatic rings. The van der Waals surface area contributed by atoms with Gasteiger partial charge in [-0.2, -0.15) is 5.10 Å². The van der Waals surface area contributed by atoms with E-state index >= 15 is 0 Å². The lowest BCUT2D eigenvalue weighted by atomic mass is 10.2. The second kappa shape index (κ2) is 7.49. The average Bonchev–Trinajstić information content (AvgIpc) is 3.10. The Kier molecular flexibility index (Phi) is 5.15. The Morgan fingerprint density at radius 3 is 2.91 bits per heavy atom. The highest BCUT2D eigenvalue weighted by Gasteiger charge is 2.18. The van der Waals surface area contributed by atoms with Crippen LogP contribution in [-0.2, 0) is 11.3 Å². The molecule has 0 aliphatic carbocycles. The first-order valence-electron chi connectivity index (χ1n) is 7.84. The molecule has 6 heteroatoms. The summed E-state index contributed by atoms with van der Waals surface area (Å²) >= 11 is 0. The van der Waals surface area contributed by atoms with E-state index in [-0.39, 0.29) is 0 Å². The summed E-state index contributed by atoms with van der Waals surface area (Å²) in [7, 11) is 0. The second-order valence-electron chi connectivity index (χ2n) is 5.52. The van der Waals surface area contributed by atoms with Gasteiger partial charge in [0.05, 0.1) is 18.4 Å². The van der Waals surface area contributed by atoms with Crippen LogP contribution in [0.3, 0.4) is 0 Å². The van der Waals surface area contributed by atoms with E-state index in [4.69, 9.17) is 4.74 Å². The lowest BCUT2D eigenvalue weighted by Gasteiger charge is -2.32. The van der Waals surface area contributed by atoms with Crippen molar-refractivity contribution in [2.45, 2.75) is 19.6 Å². The van der Waals surface area contributed by atoms with Gasteiger partial charge in [0.25, 0.3) is 0 Å². The SMILES string of the molecule is CCN1CCOC(CNCc2ccc(-n3cncn3)cc2)C1. The number of likely N-dealkylation sites (N-methyl/N-ethyl adjacent to an activating group) is 1. The number of hydrogen-bond acceptors (Lipinski definition) is 5. The van der Waals surface area contributed by atoms with Crippen LogP contribution in [0.1, 0.15) is 12.5 Å². The first-order valence-corrected chi connectivity index (χ1v) is 7.84. The summed E-state index contributed by atoms with van der Waals surface area (Å²) < 4.78 is 7.55. The van der Waals surface area contributed by atoms with E-state index in [1.54, 1.807) is 17.3 Å². The number of aromatic nitrogens is 3. The highest BCUT2D eigenvalue weighted by Crippen LogP contribution is 2.08. The van der Waals surface area contributed by atoms with Crippen LogP contribution in [0.15, 0.2) is 36.9 Å². The van der Waals surface area contributed by atoms with Crippen molar-refractivity contribution in [3.8, 4) is 5.69 Å². The van der Waals surface area contributed by atoms with Crippen molar-refractivity contribution in [1.29, 1.82) is 0 Å². The fraction of sp³-hybridized carbons (Fsp3) is 0.500. The number of ether oxygens (including phenoxy) is 1. The van der Waals surface area contributed by atoms with Gasteiger partial charge in [-0.3, -0.25) is 4.90 Å². The Hall–Kier alpha value is -1.76. The molecule has 22 heavy (non-hydrogen) atoms. The molecule has 1 aromatic carbocycles. The number of hydrogen-bond donors (Lipinski definition) is 1. The zero-order valence-corrected chi connectivity index (χ0v) is 13.0. The van der Waals surface area contributed by atoms with Gasteiger partial charge in [0, 0.05) is 26.2 Å². The lowest BCUT2D eigenvalue weighted by Crippen LogP contribution is -2.46. The van der Waals surface area contributed by atoms with Crippen molar-refractivity contribution in [2.24, 2.45) is 0 Å². The molecule has 1 N–H and O–H groups in total. The van der Waals surface area contributed by atoms with Gasteiger partial charge in [-0.25, -0.2) is 9.67 Å². The molecule has 1 aliphatic heterocycles. The zero-order chi connectivity index (χ0) is 15.2. The van der Waals surface area contributed by atoms with Crippen molar-refractivity contribution in [3.05, 3.63) is 42.5 Å². The van der Waals surface area contributed by atoms with Gasteiger partial charge in [0.1, 0.15) is 12.7 Å². The largest absolute Gasteiger partial charge is 0.374 e. The molecule has 2 aromatic rings. The molecule has 0 saturated carbocycles. The molecule has 1 unspecified atom stereocenters. The maximum Gasteiger partial charge on any atom is 0.138 e. The van der Waals surface area contributed by atoms with E-state index in [0.29, 0.717) is 6.10 Å². The lowest BCUT2D eigenvalue weighted by molar-refractivity contribution is -0.0253. The summed E-state index contributed by atoms with van der Waals surface area (Å²) in [5, 5.41) is 7.61. The summed E-state index contributed by atoms with van der Waals surface area (Å²) in [5.74, 6) is 0. The van der Waals surface area contributed by atoms with Gasteiger partial charge in [-0.15, -0.1) is 0 Å². The van der Waals surface area contributed by atoms with Crippen molar-refractivity contribution in [2.75, 3.05) is 32.8 Å². The van der Waals surface area contributed by atoms with Gasteiger partial charge in [0.15, 0.2) is 0 Å². The minimum absolute atomic E-state index is 0.295. The summed E-state index contributed by atoms with van der Waals surface area (Å²) in [6.07, 6.45) is 3.54. The molecular formula is C16H23N5O. The molecule has 0 bridgehead atoms. The van der Waals surface area contributed by atoms with Crippen LogP contribution in [0.4, 0.5) is 0 Å². The third-order valence-electron chi connectivity index (χ3n) is 3.99. The first-order chi connectivity index (χ1) is 10.8. The van der Waals surface area contributed by atoms with Crippen LogP contribution in [-0.4, -0.2) is 58.6 Å². The molecule has 1 aromatic heterocycles. The highest BCUT2D eigenvalue weighted by molar-refractivity contribution is 5.33. The predicted octanol–water partition coefficient (Wildman–Crippen LogP) is 1.08. The molecule has 118 valence electrons. The minimum Gasteiger partial charge on any atom is -0.374 e. The third-order valence-corrected chi connectivity index (χ3v) is 3.99. The Bertz CT molecular complexity index is 554. The Labute approximate surface area is 131 Å². The highest BCUT2D eigenvalue weighted by atomic mass is 16.5. The molecule has 1 atom stereocenters. The predicted molar refractivity (Wildman–Crippen MR) is 84.9 cm³/mol. The average molecular weight is 301 g/mol. The summed E-state index contributed by atoms with van der Waals surface area (Å²) in [6, 6.07) is 8.34. The van der Waals surface area contributed by atoms with Gasteiger partial charge < -0.3 is 10.1 Å². The van der Waals surface area contributed by atoms with E-state index in [1.807, 2.05) is 0 Å². The molecule has 2 heterocycles.